The highest BCUT2D eigenvalue weighted by atomic mass is 79.9. The standard InChI is InChI=1S/C14H19BrN6/c1-8-13(15)14(18-9(2)17-8)16-6-11-4-5-12-20-19-10(3)21(12)7-11/h11H,4-7H2,1-3H3,(H,16,17,18). The maximum Gasteiger partial charge on any atom is 0.144 e. The molecule has 7 heteroatoms. The summed E-state index contributed by atoms with van der Waals surface area (Å²) in [5.74, 6) is 4.35. The minimum Gasteiger partial charge on any atom is -0.369 e. The Morgan fingerprint density at radius 2 is 2.05 bits per heavy atom. The first-order valence-corrected chi connectivity index (χ1v) is 7.97. The number of aryl methyl sites for hydroxylation is 4. The van der Waals surface area contributed by atoms with Gasteiger partial charge in [0, 0.05) is 19.5 Å². The topological polar surface area (TPSA) is 68.5 Å². The van der Waals surface area contributed by atoms with E-state index in [-0.39, 0.29) is 0 Å². The molecule has 0 spiro atoms. The van der Waals surface area contributed by atoms with E-state index in [0.29, 0.717) is 5.92 Å². The molecule has 1 aliphatic heterocycles. The van der Waals surface area contributed by atoms with Crippen molar-refractivity contribution in [3.63, 3.8) is 0 Å². The predicted octanol–water partition coefficient (Wildman–Crippen LogP) is 2.43. The number of halogens is 1. The molecule has 0 aliphatic carbocycles. The molecule has 112 valence electrons. The summed E-state index contributed by atoms with van der Waals surface area (Å²) in [7, 11) is 0. The Balaban J connectivity index is 1.68. The van der Waals surface area contributed by atoms with E-state index in [1.54, 1.807) is 0 Å². The molecule has 0 saturated heterocycles. The molecule has 2 aromatic heterocycles. The van der Waals surface area contributed by atoms with Crippen LogP contribution in [0.3, 0.4) is 0 Å². The second-order valence-corrected chi connectivity index (χ2v) is 6.37. The first-order valence-electron chi connectivity index (χ1n) is 7.18. The van der Waals surface area contributed by atoms with Gasteiger partial charge >= 0.3 is 0 Å². The van der Waals surface area contributed by atoms with Crippen LogP contribution in [0.5, 0.6) is 0 Å². The van der Waals surface area contributed by atoms with Gasteiger partial charge in [0.15, 0.2) is 0 Å². The summed E-state index contributed by atoms with van der Waals surface area (Å²) in [5.41, 5.74) is 0.964. The fraction of sp³-hybridized carbons (Fsp3) is 0.571. The van der Waals surface area contributed by atoms with E-state index in [1.165, 1.54) is 0 Å². The van der Waals surface area contributed by atoms with Crippen molar-refractivity contribution < 1.29 is 0 Å². The summed E-state index contributed by atoms with van der Waals surface area (Å²) in [4.78, 5) is 8.81. The maximum atomic E-state index is 4.47. The number of hydrogen-bond acceptors (Lipinski definition) is 5. The predicted molar refractivity (Wildman–Crippen MR) is 84.3 cm³/mol. The van der Waals surface area contributed by atoms with Crippen LogP contribution in [0.15, 0.2) is 4.47 Å². The monoisotopic (exact) mass is 350 g/mol. The highest BCUT2D eigenvalue weighted by Gasteiger charge is 2.21. The summed E-state index contributed by atoms with van der Waals surface area (Å²) in [6, 6.07) is 0. The van der Waals surface area contributed by atoms with E-state index < -0.39 is 0 Å². The average molecular weight is 351 g/mol. The summed E-state index contributed by atoms with van der Waals surface area (Å²) in [6.07, 6.45) is 2.13. The quantitative estimate of drug-likeness (QED) is 0.920. The molecular weight excluding hydrogens is 332 g/mol. The number of rotatable bonds is 3. The van der Waals surface area contributed by atoms with E-state index in [9.17, 15) is 0 Å². The molecule has 1 aliphatic rings. The second kappa shape index (κ2) is 5.71. The van der Waals surface area contributed by atoms with Crippen LogP contribution in [0, 0.1) is 26.7 Å². The van der Waals surface area contributed by atoms with Crippen LogP contribution in [0.4, 0.5) is 5.82 Å². The number of nitrogens with one attached hydrogen (secondary N) is 1. The second-order valence-electron chi connectivity index (χ2n) is 5.58. The zero-order valence-electron chi connectivity index (χ0n) is 12.5. The maximum absolute atomic E-state index is 4.47. The number of nitrogens with zero attached hydrogens (tertiary/aromatic N) is 5. The molecule has 0 aromatic carbocycles. The zero-order chi connectivity index (χ0) is 15.0. The zero-order valence-corrected chi connectivity index (χ0v) is 14.1. The van der Waals surface area contributed by atoms with Crippen molar-refractivity contribution in [3.8, 4) is 0 Å². The molecule has 1 N–H and O–H groups in total. The first kappa shape index (κ1) is 14.4. The largest absolute Gasteiger partial charge is 0.369 e. The fourth-order valence-electron chi connectivity index (χ4n) is 2.75. The molecule has 3 heterocycles. The van der Waals surface area contributed by atoms with Crippen molar-refractivity contribution in [3.05, 3.63) is 27.6 Å². The summed E-state index contributed by atoms with van der Waals surface area (Å²) in [5, 5.41) is 11.8. The SMILES string of the molecule is Cc1nc(C)c(Br)c(NCC2CCc3nnc(C)n3C2)n1. The third-order valence-corrected chi connectivity index (χ3v) is 4.87. The van der Waals surface area contributed by atoms with E-state index in [2.05, 4.69) is 46.0 Å². The molecule has 1 unspecified atom stereocenters. The Hall–Kier alpha value is -1.50. The van der Waals surface area contributed by atoms with E-state index in [4.69, 9.17) is 0 Å². The third kappa shape index (κ3) is 2.92. The van der Waals surface area contributed by atoms with Crippen LogP contribution < -0.4 is 5.32 Å². The van der Waals surface area contributed by atoms with Gasteiger partial charge in [-0.1, -0.05) is 0 Å². The van der Waals surface area contributed by atoms with Gasteiger partial charge < -0.3 is 9.88 Å². The van der Waals surface area contributed by atoms with Crippen molar-refractivity contribution in [2.24, 2.45) is 5.92 Å². The summed E-state index contributed by atoms with van der Waals surface area (Å²) >= 11 is 3.56. The minimum absolute atomic E-state index is 0.565. The van der Waals surface area contributed by atoms with Gasteiger partial charge in [0.2, 0.25) is 0 Å². The number of anilines is 1. The summed E-state index contributed by atoms with van der Waals surface area (Å²) < 4.78 is 3.17. The van der Waals surface area contributed by atoms with Gasteiger partial charge in [0.25, 0.3) is 0 Å². The van der Waals surface area contributed by atoms with Crippen LogP contribution in [0.2, 0.25) is 0 Å². The van der Waals surface area contributed by atoms with Crippen LogP contribution >= 0.6 is 15.9 Å². The Kier molecular flexibility index (Phi) is 3.93. The molecule has 1 atom stereocenters. The molecule has 3 rings (SSSR count). The lowest BCUT2D eigenvalue weighted by molar-refractivity contribution is 0.376. The Morgan fingerprint density at radius 3 is 2.86 bits per heavy atom. The lowest BCUT2D eigenvalue weighted by Gasteiger charge is -2.24. The van der Waals surface area contributed by atoms with Crippen molar-refractivity contribution in [1.82, 2.24) is 24.7 Å². The van der Waals surface area contributed by atoms with Gasteiger partial charge in [-0.25, -0.2) is 9.97 Å². The van der Waals surface area contributed by atoms with Crippen molar-refractivity contribution in [1.29, 1.82) is 0 Å². The molecule has 0 saturated carbocycles. The van der Waals surface area contributed by atoms with Crippen molar-refractivity contribution >= 4 is 21.7 Å². The highest BCUT2D eigenvalue weighted by molar-refractivity contribution is 9.10. The Bertz CT molecular complexity index is 666. The molecule has 0 fully saturated rings. The van der Waals surface area contributed by atoms with Gasteiger partial charge in [-0.2, -0.15) is 0 Å². The normalized spacial score (nSPS) is 17.6. The third-order valence-electron chi connectivity index (χ3n) is 3.92. The van der Waals surface area contributed by atoms with Crippen molar-refractivity contribution in [2.75, 3.05) is 11.9 Å². The number of fused-ring (bicyclic) bond motifs is 1. The number of hydrogen-bond donors (Lipinski definition) is 1. The molecule has 0 radical (unpaired) electrons. The van der Waals surface area contributed by atoms with Gasteiger partial charge in [-0.15, -0.1) is 10.2 Å². The molecule has 0 bridgehead atoms. The molecular formula is C14H19BrN6. The molecule has 21 heavy (non-hydrogen) atoms. The summed E-state index contributed by atoms with van der Waals surface area (Å²) in [6.45, 7) is 7.78. The van der Waals surface area contributed by atoms with E-state index in [0.717, 1.165) is 59.4 Å². The Morgan fingerprint density at radius 1 is 1.24 bits per heavy atom. The van der Waals surface area contributed by atoms with Crippen LogP contribution in [0.25, 0.3) is 0 Å². The molecule has 2 aromatic rings. The van der Waals surface area contributed by atoms with Crippen LogP contribution in [0.1, 0.15) is 29.6 Å². The van der Waals surface area contributed by atoms with Crippen molar-refractivity contribution in [2.45, 2.75) is 40.2 Å². The van der Waals surface area contributed by atoms with Crippen LogP contribution in [-0.2, 0) is 13.0 Å². The van der Waals surface area contributed by atoms with E-state index >= 15 is 0 Å². The van der Waals surface area contributed by atoms with Gasteiger partial charge in [0.05, 0.1) is 10.2 Å². The lowest BCUT2D eigenvalue weighted by atomic mass is 9.99. The highest BCUT2D eigenvalue weighted by Crippen LogP contribution is 2.25. The van der Waals surface area contributed by atoms with Gasteiger partial charge in [0.1, 0.15) is 23.3 Å². The lowest BCUT2D eigenvalue weighted by Crippen LogP contribution is -2.27. The van der Waals surface area contributed by atoms with Gasteiger partial charge in [-0.05, 0) is 49.0 Å². The smallest absolute Gasteiger partial charge is 0.144 e. The van der Waals surface area contributed by atoms with Crippen LogP contribution in [-0.4, -0.2) is 31.3 Å². The van der Waals surface area contributed by atoms with Gasteiger partial charge in [-0.3, -0.25) is 0 Å². The van der Waals surface area contributed by atoms with E-state index in [1.807, 2.05) is 20.8 Å². The first-order chi connectivity index (χ1) is 10.0. The fourth-order valence-corrected chi connectivity index (χ4v) is 3.07. The Labute approximate surface area is 132 Å². The molecule has 0 amide bonds. The minimum atomic E-state index is 0.565. The number of aromatic nitrogens is 5. The average Bonchev–Trinajstić information content (AvgIpc) is 2.82. The molecule has 6 nitrogen and oxygen atoms in total.